The zero-order valence-electron chi connectivity index (χ0n) is 12.6. The summed E-state index contributed by atoms with van der Waals surface area (Å²) in [6.07, 6.45) is 2.24. The van der Waals surface area contributed by atoms with E-state index in [0.717, 1.165) is 31.1 Å². The van der Waals surface area contributed by atoms with Crippen LogP contribution in [0.25, 0.3) is 0 Å². The number of hydrogen-bond acceptors (Lipinski definition) is 3. The maximum Gasteiger partial charge on any atom is 0.161 e. The standard InChI is InChI=1S/C16H27NO2/c1-5-14(12-17-13(2)3)10-11-19-16-9-7-6-8-15(16)18-4/h6-9,13-14,17H,5,10-12H2,1-4H3. The van der Waals surface area contributed by atoms with Crippen molar-refractivity contribution < 1.29 is 9.47 Å². The lowest BCUT2D eigenvalue weighted by molar-refractivity contribution is 0.257. The highest BCUT2D eigenvalue weighted by atomic mass is 16.5. The number of methoxy groups -OCH3 is 1. The van der Waals surface area contributed by atoms with E-state index in [1.54, 1.807) is 7.11 Å². The zero-order valence-corrected chi connectivity index (χ0v) is 12.6. The first-order chi connectivity index (χ1) is 9.17. The van der Waals surface area contributed by atoms with Gasteiger partial charge in [-0.05, 0) is 31.0 Å². The lowest BCUT2D eigenvalue weighted by Gasteiger charge is -2.18. The highest BCUT2D eigenvalue weighted by Crippen LogP contribution is 2.26. The van der Waals surface area contributed by atoms with E-state index < -0.39 is 0 Å². The van der Waals surface area contributed by atoms with Gasteiger partial charge >= 0.3 is 0 Å². The van der Waals surface area contributed by atoms with Gasteiger partial charge in [-0.2, -0.15) is 0 Å². The normalized spacial score (nSPS) is 12.5. The van der Waals surface area contributed by atoms with E-state index >= 15 is 0 Å². The molecular weight excluding hydrogens is 238 g/mol. The fourth-order valence-corrected chi connectivity index (χ4v) is 1.93. The molecule has 0 saturated heterocycles. The summed E-state index contributed by atoms with van der Waals surface area (Å²) in [4.78, 5) is 0. The van der Waals surface area contributed by atoms with Crippen molar-refractivity contribution in [3.05, 3.63) is 24.3 Å². The van der Waals surface area contributed by atoms with E-state index in [2.05, 4.69) is 26.1 Å². The molecule has 0 radical (unpaired) electrons. The first-order valence-corrected chi connectivity index (χ1v) is 7.16. The molecule has 0 aliphatic heterocycles. The number of benzene rings is 1. The molecule has 1 atom stereocenters. The van der Waals surface area contributed by atoms with Crippen LogP contribution in [0.1, 0.15) is 33.6 Å². The van der Waals surface area contributed by atoms with Crippen LogP contribution < -0.4 is 14.8 Å². The maximum atomic E-state index is 5.81. The monoisotopic (exact) mass is 265 g/mol. The molecule has 1 aromatic carbocycles. The second kappa shape index (κ2) is 8.81. The Morgan fingerprint density at radius 2 is 1.84 bits per heavy atom. The van der Waals surface area contributed by atoms with Gasteiger partial charge in [0.1, 0.15) is 0 Å². The second-order valence-electron chi connectivity index (χ2n) is 5.13. The molecule has 0 fully saturated rings. The Labute approximate surface area is 117 Å². The average molecular weight is 265 g/mol. The summed E-state index contributed by atoms with van der Waals surface area (Å²) < 4.78 is 11.1. The van der Waals surface area contributed by atoms with E-state index in [-0.39, 0.29) is 0 Å². The largest absolute Gasteiger partial charge is 0.493 e. The minimum absolute atomic E-state index is 0.546. The summed E-state index contributed by atoms with van der Waals surface area (Å²) in [6.45, 7) is 8.38. The summed E-state index contributed by atoms with van der Waals surface area (Å²) in [5.41, 5.74) is 0. The van der Waals surface area contributed by atoms with Crippen molar-refractivity contribution in [1.29, 1.82) is 0 Å². The number of nitrogens with one attached hydrogen (secondary N) is 1. The van der Waals surface area contributed by atoms with Crippen molar-refractivity contribution >= 4 is 0 Å². The number of hydrogen-bond donors (Lipinski definition) is 1. The van der Waals surface area contributed by atoms with Crippen molar-refractivity contribution in [3.8, 4) is 11.5 Å². The van der Waals surface area contributed by atoms with Gasteiger partial charge in [0, 0.05) is 6.04 Å². The predicted molar refractivity (Wildman–Crippen MR) is 80.0 cm³/mol. The van der Waals surface area contributed by atoms with Gasteiger partial charge in [-0.25, -0.2) is 0 Å². The van der Waals surface area contributed by atoms with Crippen LogP contribution in [0.15, 0.2) is 24.3 Å². The van der Waals surface area contributed by atoms with Gasteiger partial charge in [0.25, 0.3) is 0 Å². The van der Waals surface area contributed by atoms with Crippen LogP contribution in [0.3, 0.4) is 0 Å². The van der Waals surface area contributed by atoms with Crippen molar-refractivity contribution in [1.82, 2.24) is 5.32 Å². The fourth-order valence-electron chi connectivity index (χ4n) is 1.93. The molecule has 0 heterocycles. The lowest BCUT2D eigenvalue weighted by Crippen LogP contribution is -2.29. The molecule has 0 saturated carbocycles. The third-order valence-corrected chi connectivity index (χ3v) is 3.24. The summed E-state index contributed by atoms with van der Waals surface area (Å²) in [5.74, 6) is 2.30. The molecule has 0 aliphatic carbocycles. The Bertz CT molecular complexity index is 352. The molecule has 1 unspecified atom stereocenters. The van der Waals surface area contributed by atoms with Crippen LogP contribution in [0.5, 0.6) is 11.5 Å². The molecule has 19 heavy (non-hydrogen) atoms. The first-order valence-electron chi connectivity index (χ1n) is 7.16. The average Bonchev–Trinajstić information content (AvgIpc) is 2.42. The third kappa shape index (κ3) is 5.97. The highest BCUT2D eigenvalue weighted by Gasteiger charge is 2.08. The van der Waals surface area contributed by atoms with Crippen LogP contribution in [-0.2, 0) is 0 Å². The summed E-state index contributed by atoms with van der Waals surface area (Å²) in [5, 5.41) is 3.49. The molecule has 108 valence electrons. The highest BCUT2D eigenvalue weighted by molar-refractivity contribution is 5.39. The number of ether oxygens (including phenoxy) is 2. The molecule has 0 aliphatic rings. The minimum atomic E-state index is 0.546. The van der Waals surface area contributed by atoms with E-state index in [1.807, 2.05) is 24.3 Å². The van der Waals surface area contributed by atoms with E-state index in [9.17, 15) is 0 Å². The molecule has 0 spiro atoms. The van der Waals surface area contributed by atoms with Gasteiger partial charge < -0.3 is 14.8 Å². The van der Waals surface area contributed by atoms with Crippen LogP contribution in [-0.4, -0.2) is 26.3 Å². The summed E-state index contributed by atoms with van der Waals surface area (Å²) >= 11 is 0. The Morgan fingerprint density at radius 3 is 2.42 bits per heavy atom. The van der Waals surface area contributed by atoms with Crippen LogP contribution >= 0.6 is 0 Å². The molecule has 0 aromatic heterocycles. The van der Waals surface area contributed by atoms with Crippen molar-refractivity contribution in [3.63, 3.8) is 0 Å². The predicted octanol–water partition coefficient (Wildman–Crippen LogP) is 3.49. The molecule has 1 aromatic rings. The summed E-state index contributed by atoms with van der Waals surface area (Å²) in [6, 6.07) is 8.34. The van der Waals surface area contributed by atoms with Gasteiger partial charge in [-0.15, -0.1) is 0 Å². The van der Waals surface area contributed by atoms with Gasteiger partial charge in [-0.3, -0.25) is 0 Å². The van der Waals surface area contributed by atoms with Gasteiger partial charge in [0.15, 0.2) is 11.5 Å². The van der Waals surface area contributed by atoms with Gasteiger partial charge in [0.2, 0.25) is 0 Å². The van der Waals surface area contributed by atoms with Crippen molar-refractivity contribution in [2.75, 3.05) is 20.3 Å². The maximum absolute atomic E-state index is 5.81. The number of rotatable bonds is 9. The molecule has 3 nitrogen and oxygen atoms in total. The van der Waals surface area contributed by atoms with Crippen LogP contribution in [0.2, 0.25) is 0 Å². The first kappa shape index (κ1) is 15.8. The van der Waals surface area contributed by atoms with Crippen LogP contribution in [0.4, 0.5) is 0 Å². The smallest absolute Gasteiger partial charge is 0.161 e. The van der Waals surface area contributed by atoms with E-state index in [4.69, 9.17) is 9.47 Å². The molecule has 0 amide bonds. The fraction of sp³-hybridized carbons (Fsp3) is 0.625. The molecule has 1 N–H and O–H groups in total. The third-order valence-electron chi connectivity index (χ3n) is 3.24. The Balaban J connectivity index is 2.35. The van der Waals surface area contributed by atoms with E-state index in [0.29, 0.717) is 12.0 Å². The quantitative estimate of drug-likeness (QED) is 0.741. The minimum Gasteiger partial charge on any atom is -0.493 e. The van der Waals surface area contributed by atoms with Crippen molar-refractivity contribution in [2.45, 2.75) is 39.7 Å². The lowest BCUT2D eigenvalue weighted by atomic mass is 10.0. The number of para-hydroxylation sites is 2. The van der Waals surface area contributed by atoms with Crippen LogP contribution in [0, 0.1) is 5.92 Å². The Kier molecular flexibility index (Phi) is 7.34. The molecular formula is C16H27NO2. The topological polar surface area (TPSA) is 30.5 Å². The molecule has 3 heteroatoms. The summed E-state index contributed by atoms with van der Waals surface area (Å²) in [7, 11) is 1.67. The SMILES string of the molecule is CCC(CCOc1ccccc1OC)CNC(C)C. The molecule has 1 rings (SSSR count). The van der Waals surface area contributed by atoms with E-state index in [1.165, 1.54) is 6.42 Å². The van der Waals surface area contributed by atoms with Gasteiger partial charge in [-0.1, -0.05) is 39.3 Å². The second-order valence-corrected chi connectivity index (χ2v) is 5.13. The van der Waals surface area contributed by atoms with Crippen molar-refractivity contribution in [2.24, 2.45) is 5.92 Å². The molecule has 0 bridgehead atoms. The van der Waals surface area contributed by atoms with Gasteiger partial charge in [0.05, 0.1) is 13.7 Å². The Morgan fingerprint density at radius 1 is 1.16 bits per heavy atom. The zero-order chi connectivity index (χ0) is 14.1. The Hall–Kier alpha value is -1.22.